The van der Waals surface area contributed by atoms with Crippen molar-refractivity contribution in [2.24, 2.45) is 10.7 Å². The second kappa shape index (κ2) is 3.30. The van der Waals surface area contributed by atoms with Crippen LogP contribution in [0.2, 0.25) is 0 Å². The van der Waals surface area contributed by atoms with Gasteiger partial charge in [-0.1, -0.05) is 6.08 Å². The summed E-state index contributed by atoms with van der Waals surface area (Å²) in [5.74, 6) is 0.713. The van der Waals surface area contributed by atoms with E-state index in [1.165, 1.54) is 4.88 Å². The smallest absolute Gasteiger partial charge is 0.141 e. The zero-order chi connectivity index (χ0) is 9.26. The Hall–Kier alpha value is -1.16. The predicted molar refractivity (Wildman–Crippen MR) is 55.7 cm³/mol. The first-order valence-electron chi connectivity index (χ1n) is 4.22. The number of amidine groups is 1. The predicted octanol–water partition coefficient (Wildman–Crippen LogP) is 1.94. The molecule has 2 N–H and O–H groups in total. The summed E-state index contributed by atoms with van der Waals surface area (Å²) in [4.78, 5) is 9.73. The highest BCUT2D eigenvalue weighted by Crippen LogP contribution is 2.24. The van der Waals surface area contributed by atoms with Gasteiger partial charge < -0.3 is 5.73 Å². The van der Waals surface area contributed by atoms with Crippen LogP contribution in [0.25, 0.3) is 5.70 Å². The molecule has 0 unspecified atom stereocenters. The topological polar surface area (TPSA) is 51.3 Å². The van der Waals surface area contributed by atoms with Crippen LogP contribution in [0.3, 0.4) is 0 Å². The first-order valence-corrected chi connectivity index (χ1v) is 5.03. The number of rotatable bonds is 1. The summed E-state index contributed by atoms with van der Waals surface area (Å²) >= 11 is 1.65. The summed E-state index contributed by atoms with van der Waals surface area (Å²) in [6.07, 6.45) is 5.80. The molecule has 2 heterocycles. The molecule has 0 fully saturated rings. The van der Waals surface area contributed by atoms with Crippen LogP contribution in [-0.4, -0.2) is 10.8 Å². The Kier molecular flexibility index (Phi) is 2.14. The molecule has 1 aliphatic rings. The van der Waals surface area contributed by atoms with Crippen LogP contribution in [0, 0.1) is 6.92 Å². The van der Waals surface area contributed by atoms with Gasteiger partial charge in [0.1, 0.15) is 10.8 Å². The average molecular weight is 193 g/mol. The number of hydrogen-bond acceptors (Lipinski definition) is 4. The van der Waals surface area contributed by atoms with Crippen LogP contribution in [0.5, 0.6) is 0 Å². The lowest BCUT2D eigenvalue weighted by Gasteiger charge is -2.06. The van der Waals surface area contributed by atoms with Crippen molar-refractivity contribution in [2.45, 2.75) is 19.8 Å². The van der Waals surface area contributed by atoms with E-state index in [1.807, 2.05) is 13.1 Å². The molecule has 0 atom stereocenters. The lowest BCUT2D eigenvalue weighted by atomic mass is 10.2. The Labute approximate surface area is 81.0 Å². The monoisotopic (exact) mass is 193 g/mol. The van der Waals surface area contributed by atoms with Crippen molar-refractivity contribution in [3.05, 3.63) is 22.2 Å². The van der Waals surface area contributed by atoms with Gasteiger partial charge in [0.2, 0.25) is 0 Å². The lowest BCUT2D eigenvalue weighted by Crippen LogP contribution is -2.13. The molecule has 0 bridgehead atoms. The highest BCUT2D eigenvalue weighted by Gasteiger charge is 2.09. The maximum Gasteiger partial charge on any atom is 0.141 e. The van der Waals surface area contributed by atoms with Crippen LogP contribution < -0.4 is 5.73 Å². The third-order valence-electron chi connectivity index (χ3n) is 1.84. The molecule has 68 valence electrons. The summed E-state index contributed by atoms with van der Waals surface area (Å²) in [7, 11) is 0. The van der Waals surface area contributed by atoms with Gasteiger partial charge in [-0.05, 0) is 13.3 Å². The summed E-state index contributed by atoms with van der Waals surface area (Å²) in [5.41, 5.74) is 6.59. The molecule has 0 saturated heterocycles. The number of nitrogens with two attached hydrogens (primary N) is 1. The minimum absolute atomic E-state index is 0.713. The molecular weight excluding hydrogens is 182 g/mol. The molecule has 13 heavy (non-hydrogen) atoms. The van der Waals surface area contributed by atoms with Crippen molar-refractivity contribution >= 4 is 22.9 Å². The van der Waals surface area contributed by atoms with E-state index in [4.69, 9.17) is 5.73 Å². The Morgan fingerprint density at radius 2 is 2.38 bits per heavy atom. The number of aromatic nitrogens is 1. The largest absolute Gasteiger partial charge is 0.387 e. The SMILES string of the molecule is Cc1cnc(C2=CCCC(N)=N2)s1. The number of hydrogen-bond donors (Lipinski definition) is 1. The summed E-state index contributed by atoms with van der Waals surface area (Å²) < 4.78 is 0. The van der Waals surface area contributed by atoms with Gasteiger partial charge in [0.05, 0.1) is 5.70 Å². The van der Waals surface area contributed by atoms with Crippen LogP contribution in [-0.2, 0) is 0 Å². The molecule has 0 amide bonds. The van der Waals surface area contributed by atoms with E-state index in [-0.39, 0.29) is 0 Å². The number of aliphatic imine (C=N–C) groups is 1. The van der Waals surface area contributed by atoms with E-state index in [2.05, 4.69) is 16.1 Å². The van der Waals surface area contributed by atoms with Gasteiger partial charge >= 0.3 is 0 Å². The van der Waals surface area contributed by atoms with E-state index in [1.54, 1.807) is 11.3 Å². The van der Waals surface area contributed by atoms with Crippen molar-refractivity contribution in [1.29, 1.82) is 0 Å². The zero-order valence-electron chi connectivity index (χ0n) is 7.45. The summed E-state index contributed by atoms with van der Waals surface area (Å²) in [6.45, 7) is 2.04. The van der Waals surface area contributed by atoms with Gasteiger partial charge in [-0.3, -0.25) is 0 Å². The second-order valence-corrected chi connectivity index (χ2v) is 4.24. The molecule has 1 aromatic rings. The number of aryl methyl sites for hydroxylation is 1. The fourth-order valence-corrected chi connectivity index (χ4v) is 1.97. The fourth-order valence-electron chi connectivity index (χ4n) is 1.22. The molecule has 0 saturated carbocycles. The van der Waals surface area contributed by atoms with Gasteiger partial charge in [-0.15, -0.1) is 11.3 Å². The molecule has 0 aliphatic carbocycles. The second-order valence-electron chi connectivity index (χ2n) is 3.01. The van der Waals surface area contributed by atoms with E-state index >= 15 is 0 Å². The minimum atomic E-state index is 0.713. The number of nitrogens with zero attached hydrogens (tertiary/aromatic N) is 2. The quantitative estimate of drug-likeness (QED) is 0.741. The molecule has 0 aromatic carbocycles. The van der Waals surface area contributed by atoms with Crippen LogP contribution >= 0.6 is 11.3 Å². The third kappa shape index (κ3) is 1.78. The molecule has 1 aliphatic heterocycles. The van der Waals surface area contributed by atoms with Crippen molar-refractivity contribution in [2.75, 3.05) is 0 Å². The molecule has 1 aromatic heterocycles. The maximum absolute atomic E-state index is 5.66. The number of thiazole rings is 1. The van der Waals surface area contributed by atoms with Gasteiger partial charge in [-0.25, -0.2) is 9.98 Å². The van der Waals surface area contributed by atoms with Crippen molar-refractivity contribution in [3.8, 4) is 0 Å². The highest BCUT2D eigenvalue weighted by molar-refractivity contribution is 7.12. The average Bonchev–Trinajstić information content (AvgIpc) is 2.52. The maximum atomic E-state index is 5.66. The molecule has 0 spiro atoms. The Balaban J connectivity index is 2.32. The standard InChI is InChI=1S/C9H11N3S/c1-6-5-11-9(13-6)7-3-2-4-8(10)12-7/h3,5H,2,4H2,1H3,(H2,10,12). The lowest BCUT2D eigenvalue weighted by molar-refractivity contribution is 1.05. The van der Waals surface area contributed by atoms with E-state index in [0.717, 1.165) is 23.5 Å². The fraction of sp³-hybridized carbons (Fsp3) is 0.333. The van der Waals surface area contributed by atoms with Crippen LogP contribution in [0.1, 0.15) is 22.7 Å². The highest BCUT2D eigenvalue weighted by atomic mass is 32.1. The van der Waals surface area contributed by atoms with Crippen molar-refractivity contribution < 1.29 is 0 Å². The van der Waals surface area contributed by atoms with Crippen molar-refractivity contribution in [1.82, 2.24) is 4.98 Å². The van der Waals surface area contributed by atoms with Gasteiger partial charge in [0.25, 0.3) is 0 Å². The summed E-state index contributed by atoms with van der Waals surface area (Å²) in [5, 5.41) is 0.972. The van der Waals surface area contributed by atoms with Crippen LogP contribution in [0.15, 0.2) is 17.3 Å². The van der Waals surface area contributed by atoms with E-state index < -0.39 is 0 Å². The molecular formula is C9H11N3S. The normalized spacial score (nSPS) is 16.7. The van der Waals surface area contributed by atoms with Crippen molar-refractivity contribution in [3.63, 3.8) is 0 Å². The van der Waals surface area contributed by atoms with Crippen LogP contribution in [0.4, 0.5) is 0 Å². The van der Waals surface area contributed by atoms with Gasteiger partial charge in [-0.2, -0.15) is 0 Å². The van der Waals surface area contributed by atoms with E-state index in [0.29, 0.717) is 5.84 Å². The Bertz CT molecular complexity index is 376. The minimum Gasteiger partial charge on any atom is -0.387 e. The Morgan fingerprint density at radius 3 is 3.00 bits per heavy atom. The zero-order valence-corrected chi connectivity index (χ0v) is 8.27. The number of allylic oxidation sites excluding steroid dienone is 1. The third-order valence-corrected chi connectivity index (χ3v) is 2.78. The van der Waals surface area contributed by atoms with Gasteiger partial charge in [0, 0.05) is 17.5 Å². The molecule has 4 heteroatoms. The van der Waals surface area contributed by atoms with Gasteiger partial charge in [0.15, 0.2) is 0 Å². The molecule has 2 rings (SSSR count). The van der Waals surface area contributed by atoms with E-state index in [9.17, 15) is 0 Å². The molecule has 3 nitrogen and oxygen atoms in total. The first-order chi connectivity index (χ1) is 6.25. The molecule has 0 radical (unpaired) electrons. The first kappa shape index (κ1) is 8.44. The Morgan fingerprint density at radius 1 is 1.54 bits per heavy atom. The summed E-state index contributed by atoms with van der Waals surface area (Å²) in [6, 6.07) is 0.